The lowest BCUT2D eigenvalue weighted by Gasteiger charge is -2.17. The van der Waals surface area contributed by atoms with E-state index in [1.807, 2.05) is 13.8 Å². The number of hydrogen-bond donors (Lipinski definition) is 2. The van der Waals surface area contributed by atoms with Crippen molar-refractivity contribution in [3.05, 3.63) is 22.7 Å². The van der Waals surface area contributed by atoms with Crippen LogP contribution in [0.4, 0.5) is 5.69 Å². The summed E-state index contributed by atoms with van der Waals surface area (Å²) in [5, 5.41) is 0.322. The van der Waals surface area contributed by atoms with Gasteiger partial charge in [-0.25, -0.2) is 13.1 Å². The summed E-state index contributed by atoms with van der Waals surface area (Å²) in [7, 11) is -3.57. The van der Waals surface area contributed by atoms with E-state index in [2.05, 4.69) is 4.72 Å². The van der Waals surface area contributed by atoms with Gasteiger partial charge in [0.1, 0.15) is 0 Å². The maximum absolute atomic E-state index is 12.3. The van der Waals surface area contributed by atoms with Crippen LogP contribution >= 0.6 is 11.6 Å². The number of anilines is 1. The van der Waals surface area contributed by atoms with E-state index in [0.717, 1.165) is 12.8 Å². The van der Waals surface area contributed by atoms with Crippen molar-refractivity contribution in [2.24, 2.45) is 0 Å². The third-order valence-corrected chi connectivity index (χ3v) is 4.83. The third kappa shape index (κ3) is 3.37. The molecule has 1 rings (SSSR count). The number of hydrogen-bond acceptors (Lipinski definition) is 3. The van der Waals surface area contributed by atoms with Crippen molar-refractivity contribution in [1.82, 2.24) is 4.72 Å². The van der Waals surface area contributed by atoms with Crippen LogP contribution < -0.4 is 10.5 Å². The van der Waals surface area contributed by atoms with E-state index in [-0.39, 0.29) is 10.9 Å². The lowest BCUT2D eigenvalue weighted by Crippen LogP contribution is -2.34. The van der Waals surface area contributed by atoms with Gasteiger partial charge >= 0.3 is 0 Å². The van der Waals surface area contributed by atoms with Crippen LogP contribution in [-0.2, 0) is 10.0 Å². The molecule has 0 heterocycles. The Morgan fingerprint density at radius 2 is 1.89 bits per heavy atom. The molecule has 0 aliphatic heterocycles. The van der Waals surface area contributed by atoms with Gasteiger partial charge in [0.05, 0.1) is 4.90 Å². The van der Waals surface area contributed by atoms with E-state index < -0.39 is 10.0 Å². The van der Waals surface area contributed by atoms with Crippen LogP contribution in [0.1, 0.15) is 32.3 Å². The largest absolute Gasteiger partial charge is 0.398 e. The summed E-state index contributed by atoms with van der Waals surface area (Å²) < 4.78 is 27.2. The second-order valence-electron chi connectivity index (χ2n) is 4.25. The lowest BCUT2D eigenvalue weighted by molar-refractivity contribution is 0.530. The van der Waals surface area contributed by atoms with Crippen molar-refractivity contribution in [3.8, 4) is 0 Å². The Balaban J connectivity index is 3.20. The van der Waals surface area contributed by atoms with Crippen LogP contribution in [-0.4, -0.2) is 14.5 Å². The van der Waals surface area contributed by atoms with Crippen molar-refractivity contribution in [2.45, 2.75) is 44.6 Å². The average molecular weight is 291 g/mol. The highest BCUT2D eigenvalue weighted by Gasteiger charge is 2.21. The van der Waals surface area contributed by atoms with Crippen molar-refractivity contribution >= 4 is 27.3 Å². The van der Waals surface area contributed by atoms with E-state index in [1.54, 1.807) is 13.0 Å². The third-order valence-electron chi connectivity index (χ3n) is 2.96. The molecule has 3 N–H and O–H groups in total. The van der Waals surface area contributed by atoms with Gasteiger partial charge in [-0.05, 0) is 37.5 Å². The molecule has 0 atom stereocenters. The minimum absolute atomic E-state index is 0.0744. The van der Waals surface area contributed by atoms with Crippen LogP contribution in [0.15, 0.2) is 17.0 Å². The fraction of sp³-hybridized carbons (Fsp3) is 0.500. The van der Waals surface area contributed by atoms with E-state index in [1.165, 1.54) is 6.07 Å². The average Bonchev–Trinajstić information content (AvgIpc) is 2.30. The second-order valence-corrected chi connectivity index (χ2v) is 6.37. The molecule has 1 aromatic rings. The highest BCUT2D eigenvalue weighted by molar-refractivity contribution is 7.89. The Kier molecular flexibility index (Phi) is 5.01. The van der Waals surface area contributed by atoms with Gasteiger partial charge in [0, 0.05) is 16.8 Å². The van der Waals surface area contributed by atoms with Gasteiger partial charge in [-0.1, -0.05) is 25.4 Å². The summed E-state index contributed by atoms with van der Waals surface area (Å²) in [6, 6.07) is 2.90. The van der Waals surface area contributed by atoms with Crippen molar-refractivity contribution < 1.29 is 8.42 Å². The maximum atomic E-state index is 12.3. The van der Waals surface area contributed by atoms with Gasteiger partial charge in [-0.2, -0.15) is 0 Å². The number of nitrogens with two attached hydrogens (primary N) is 1. The Morgan fingerprint density at radius 1 is 1.33 bits per heavy atom. The van der Waals surface area contributed by atoms with Gasteiger partial charge in [0.15, 0.2) is 0 Å². The van der Waals surface area contributed by atoms with Crippen LogP contribution in [0, 0.1) is 6.92 Å². The van der Waals surface area contributed by atoms with Crippen molar-refractivity contribution in [3.63, 3.8) is 0 Å². The van der Waals surface area contributed by atoms with Gasteiger partial charge in [0.25, 0.3) is 0 Å². The zero-order valence-corrected chi connectivity index (χ0v) is 12.4. The summed E-state index contributed by atoms with van der Waals surface area (Å²) in [6.45, 7) is 5.55. The first-order valence-corrected chi connectivity index (χ1v) is 7.75. The quantitative estimate of drug-likeness (QED) is 0.819. The highest BCUT2D eigenvalue weighted by Crippen LogP contribution is 2.26. The molecule has 102 valence electrons. The van der Waals surface area contributed by atoms with Crippen molar-refractivity contribution in [2.75, 3.05) is 5.73 Å². The molecule has 4 nitrogen and oxygen atoms in total. The van der Waals surface area contributed by atoms with Crippen LogP contribution in [0.2, 0.25) is 5.02 Å². The smallest absolute Gasteiger partial charge is 0.241 e. The lowest BCUT2D eigenvalue weighted by atomic mass is 10.2. The Morgan fingerprint density at radius 3 is 2.39 bits per heavy atom. The molecule has 0 unspecified atom stereocenters. The summed E-state index contributed by atoms with van der Waals surface area (Å²) >= 11 is 5.86. The van der Waals surface area contributed by atoms with E-state index >= 15 is 0 Å². The molecule has 0 saturated heterocycles. The van der Waals surface area contributed by atoms with E-state index in [0.29, 0.717) is 16.3 Å². The summed E-state index contributed by atoms with van der Waals surface area (Å²) in [5.74, 6) is 0. The topological polar surface area (TPSA) is 72.2 Å². The van der Waals surface area contributed by atoms with E-state index in [4.69, 9.17) is 17.3 Å². The first kappa shape index (κ1) is 15.3. The number of rotatable bonds is 5. The predicted octanol–water partition coefficient (Wildman–Crippen LogP) is 2.70. The molecular formula is C12H19ClN2O2S. The minimum atomic E-state index is -3.57. The molecule has 1 aromatic carbocycles. The van der Waals surface area contributed by atoms with Gasteiger partial charge in [-0.3, -0.25) is 0 Å². The summed E-state index contributed by atoms with van der Waals surface area (Å²) in [5.41, 5.74) is 6.64. The molecule has 0 saturated carbocycles. The standard InChI is InChI=1S/C12H19ClN2O2S/c1-4-10(5-2)15-18(16,17)12-7-9(13)6-11(14)8(12)3/h6-7,10,15H,4-5,14H2,1-3H3. The zero-order chi connectivity index (χ0) is 13.9. The Hall–Kier alpha value is -0.780. The second kappa shape index (κ2) is 5.91. The van der Waals surface area contributed by atoms with Gasteiger partial charge in [0.2, 0.25) is 10.0 Å². The van der Waals surface area contributed by atoms with Crippen LogP contribution in [0.5, 0.6) is 0 Å². The minimum Gasteiger partial charge on any atom is -0.398 e. The molecule has 0 aliphatic carbocycles. The molecule has 0 aromatic heterocycles. The molecule has 6 heteroatoms. The number of benzene rings is 1. The molecule has 0 fully saturated rings. The zero-order valence-electron chi connectivity index (χ0n) is 10.8. The predicted molar refractivity (Wildman–Crippen MR) is 75.3 cm³/mol. The molecule has 0 aliphatic rings. The molecular weight excluding hydrogens is 272 g/mol. The van der Waals surface area contributed by atoms with Gasteiger partial charge < -0.3 is 5.73 Å². The SMILES string of the molecule is CCC(CC)NS(=O)(=O)c1cc(Cl)cc(N)c1C. The highest BCUT2D eigenvalue weighted by atomic mass is 35.5. The molecule has 0 spiro atoms. The normalized spacial score (nSPS) is 12.1. The van der Waals surface area contributed by atoms with E-state index in [9.17, 15) is 8.42 Å². The number of sulfonamides is 1. The molecule has 0 bridgehead atoms. The monoisotopic (exact) mass is 290 g/mol. The Bertz CT molecular complexity index is 525. The Labute approximate surface area is 114 Å². The van der Waals surface area contributed by atoms with Crippen LogP contribution in [0.25, 0.3) is 0 Å². The molecule has 18 heavy (non-hydrogen) atoms. The maximum Gasteiger partial charge on any atom is 0.241 e. The number of halogens is 1. The first-order chi connectivity index (χ1) is 8.31. The van der Waals surface area contributed by atoms with Crippen LogP contribution in [0.3, 0.4) is 0 Å². The number of nitrogens with one attached hydrogen (secondary N) is 1. The summed E-state index contributed by atoms with van der Waals surface area (Å²) in [6.07, 6.45) is 1.48. The fourth-order valence-electron chi connectivity index (χ4n) is 1.69. The summed E-state index contributed by atoms with van der Waals surface area (Å²) in [4.78, 5) is 0.152. The molecule has 0 amide bonds. The molecule has 0 radical (unpaired) electrons. The van der Waals surface area contributed by atoms with Gasteiger partial charge in [-0.15, -0.1) is 0 Å². The number of nitrogen functional groups attached to an aromatic ring is 1. The van der Waals surface area contributed by atoms with Crippen molar-refractivity contribution in [1.29, 1.82) is 0 Å². The fourth-order valence-corrected chi connectivity index (χ4v) is 3.69. The first-order valence-electron chi connectivity index (χ1n) is 5.89.